The normalized spacial score (nSPS) is 12.2. The molecule has 1 N–H and O–H groups in total. The molecule has 0 fully saturated rings. The fraction of sp³-hybridized carbons (Fsp3) is 0.364. The summed E-state index contributed by atoms with van der Waals surface area (Å²) in [7, 11) is 0. The number of benzene rings is 1. The van der Waals surface area contributed by atoms with Gasteiger partial charge in [0.05, 0.1) is 13.1 Å². The van der Waals surface area contributed by atoms with Crippen molar-refractivity contribution in [3.63, 3.8) is 0 Å². The average Bonchev–Trinajstić information content (AvgIpc) is 2.57. The number of nitrogens with zero attached hydrogens (tertiary/aromatic N) is 1. The van der Waals surface area contributed by atoms with E-state index < -0.39 is 12.7 Å². The van der Waals surface area contributed by atoms with Gasteiger partial charge in [-0.1, -0.05) is 6.07 Å². The highest BCUT2D eigenvalue weighted by Crippen LogP contribution is 2.17. The molecule has 3 nitrogen and oxygen atoms in total. The lowest BCUT2D eigenvalue weighted by molar-refractivity contribution is -0.125. The van der Waals surface area contributed by atoms with Crippen LogP contribution in [0.25, 0.3) is 11.1 Å². The van der Waals surface area contributed by atoms with Gasteiger partial charge in [0.15, 0.2) is 5.58 Å². The van der Waals surface area contributed by atoms with Crippen molar-refractivity contribution in [1.82, 2.24) is 10.3 Å². The molecule has 0 spiro atoms. The lowest BCUT2D eigenvalue weighted by atomic mass is 10.2. The molecule has 0 saturated heterocycles. The van der Waals surface area contributed by atoms with Gasteiger partial charge in [-0.2, -0.15) is 13.2 Å². The van der Waals surface area contributed by atoms with Crippen LogP contribution < -0.4 is 5.32 Å². The van der Waals surface area contributed by atoms with Gasteiger partial charge in [0.2, 0.25) is 5.89 Å². The van der Waals surface area contributed by atoms with Gasteiger partial charge in [-0.05, 0) is 24.6 Å². The van der Waals surface area contributed by atoms with E-state index in [2.05, 4.69) is 10.3 Å². The molecule has 92 valence electrons. The highest BCUT2D eigenvalue weighted by molar-refractivity contribution is 5.73. The molecule has 1 aromatic carbocycles. The van der Waals surface area contributed by atoms with Crippen LogP contribution in [-0.2, 0) is 6.54 Å². The van der Waals surface area contributed by atoms with Crippen molar-refractivity contribution in [3.8, 4) is 0 Å². The summed E-state index contributed by atoms with van der Waals surface area (Å²) in [6.45, 7) is 0.827. The number of hydrogen-bond acceptors (Lipinski definition) is 3. The molecule has 2 aromatic rings. The zero-order chi connectivity index (χ0) is 12.5. The predicted molar refractivity (Wildman–Crippen MR) is 56.5 cm³/mol. The maximum Gasteiger partial charge on any atom is 0.401 e. The summed E-state index contributed by atoms with van der Waals surface area (Å²) in [5.74, 6) is 0.259. The van der Waals surface area contributed by atoms with E-state index in [1.807, 2.05) is 19.1 Å². The summed E-state index contributed by atoms with van der Waals surface area (Å²) in [6.07, 6.45) is -4.22. The summed E-state index contributed by atoms with van der Waals surface area (Å²) in [5, 5.41) is 2.24. The number of aryl methyl sites for hydroxylation is 1. The molecule has 0 aliphatic heterocycles. The quantitative estimate of drug-likeness (QED) is 0.902. The molecule has 0 bridgehead atoms. The smallest absolute Gasteiger partial charge is 0.401 e. The minimum atomic E-state index is -4.22. The van der Waals surface area contributed by atoms with Crippen molar-refractivity contribution in [1.29, 1.82) is 0 Å². The van der Waals surface area contributed by atoms with Crippen molar-refractivity contribution in [2.24, 2.45) is 0 Å². The summed E-state index contributed by atoms with van der Waals surface area (Å²) < 4.78 is 41.0. The fourth-order valence-electron chi connectivity index (χ4n) is 1.47. The Bertz CT molecular complexity index is 519. The van der Waals surface area contributed by atoms with Crippen LogP contribution in [0.5, 0.6) is 0 Å². The molecule has 2 rings (SSSR count). The Morgan fingerprint density at radius 1 is 1.35 bits per heavy atom. The molecule has 0 unspecified atom stereocenters. The third-order valence-electron chi connectivity index (χ3n) is 2.19. The minimum absolute atomic E-state index is 0.0345. The SMILES string of the molecule is Cc1ccc2oc(CNCC(F)(F)F)nc2c1. The number of oxazole rings is 1. The minimum Gasteiger partial charge on any atom is -0.439 e. The van der Waals surface area contributed by atoms with E-state index in [9.17, 15) is 13.2 Å². The average molecular weight is 244 g/mol. The number of aromatic nitrogens is 1. The second-order valence-corrected chi connectivity index (χ2v) is 3.80. The molecule has 0 radical (unpaired) electrons. The summed E-state index contributed by atoms with van der Waals surface area (Å²) in [5.41, 5.74) is 2.27. The molecule has 6 heteroatoms. The van der Waals surface area contributed by atoms with Crippen molar-refractivity contribution in [3.05, 3.63) is 29.7 Å². The number of hydrogen-bond donors (Lipinski definition) is 1. The monoisotopic (exact) mass is 244 g/mol. The largest absolute Gasteiger partial charge is 0.439 e. The van der Waals surface area contributed by atoms with Gasteiger partial charge in [0.25, 0.3) is 0 Å². The topological polar surface area (TPSA) is 38.1 Å². The molecule has 1 heterocycles. The van der Waals surface area contributed by atoms with Gasteiger partial charge in [0, 0.05) is 0 Å². The number of fused-ring (bicyclic) bond motifs is 1. The van der Waals surface area contributed by atoms with Gasteiger partial charge in [-0.15, -0.1) is 0 Å². The van der Waals surface area contributed by atoms with Crippen LogP contribution in [0.4, 0.5) is 13.2 Å². The van der Waals surface area contributed by atoms with Crippen LogP contribution in [0.3, 0.4) is 0 Å². The molecule has 0 aliphatic rings. The van der Waals surface area contributed by atoms with Crippen molar-refractivity contribution >= 4 is 11.1 Å². The van der Waals surface area contributed by atoms with E-state index in [4.69, 9.17) is 4.42 Å². The molecule has 0 saturated carbocycles. The first-order valence-corrected chi connectivity index (χ1v) is 5.07. The Morgan fingerprint density at radius 3 is 2.82 bits per heavy atom. The van der Waals surface area contributed by atoms with Gasteiger partial charge >= 0.3 is 6.18 Å². The molecule has 0 atom stereocenters. The van der Waals surface area contributed by atoms with Crippen LogP contribution in [0.15, 0.2) is 22.6 Å². The number of halogens is 3. The molecule has 0 aliphatic carbocycles. The predicted octanol–water partition coefficient (Wildman–Crippen LogP) is 2.79. The highest BCUT2D eigenvalue weighted by Gasteiger charge is 2.26. The van der Waals surface area contributed by atoms with Crippen molar-refractivity contribution < 1.29 is 17.6 Å². The Hall–Kier alpha value is -1.56. The number of nitrogens with one attached hydrogen (secondary N) is 1. The van der Waals surface area contributed by atoms with Crippen molar-refractivity contribution in [2.45, 2.75) is 19.6 Å². The number of rotatable bonds is 3. The zero-order valence-electron chi connectivity index (χ0n) is 9.14. The van der Waals surface area contributed by atoms with Gasteiger partial charge in [-0.3, -0.25) is 0 Å². The van der Waals surface area contributed by atoms with E-state index in [-0.39, 0.29) is 12.4 Å². The van der Waals surface area contributed by atoms with E-state index in [1.165, 1.54) is 0 Å². The molecular weight excluding hydrogens is 233 g/mol. The summed E-state index contributed by atoms with van der Waals surface area (Å²) in [6, 6.07) is 5.44. The Labute approximate surface area is 95.6 Å². The summed E-state index contributed by atoms with van der Waals surface area (Å²) >= 11 is 0. The first-order valence-electron chi connectivity index (χ1n) is 5.07. The van der Waals surface area contributed by atoms with Gasteiger partial charge in [-0.25, -0.2) is 4.98 Å². The fourth-order valence-corrected chi connectivity index (χ4v) is 1.47. The Morgan fingerprint density at radius 2 is 2.12 bits per heavy atom. The Balaban J connectivity index is 2.05. The van der Waals surface area contributed by atoms with Gasteiger partial charge < -0.3 is 9.73 Å². The third kappa shape index (κ3) is 3.20. The molecule has 0 amide bonds. The van der Waals surface area contributed by atoms with Crippen LogP contribution in [0.2, 0.25) is 0 Å². The first-order chi connectivity index (χ1) is 7.94. The van der Waals surface area contributed by atoms with Crippen LogP contribution in [0, 0.1) is 6.92 Å². The van der Waals surface area contributed by atoms with Crippen LogP contribution in [0.1, 0.15) is 11.5 Å². The lowest BCUT2D eigenvalue weighted by Crippen LogP contribution is -2.28. The standard InChI is InChI=1S/C11H11F3N2O/c1-7-2-3-9-8(4-7)16-10(17-9)5-15-6-11(12,13)14/h2-4,15H,5-6H2,1H3. The molecule has 17 heavy (non-hydrogen) atoms. The Kier molecular flexibility index (Phi) is 3.06. The molecule has 1 aromatic heterocycles. The first kappa shape index (κ1) is 11.9. The highest BCUT2D eigenvalue weighted by atomic mass is 19.4. The zero-order valence-corrected chi connectivity index (χ0v) is 9.14. The summed E-state index contributed by atoms with van der Waals surface area (Å²) in [4.78, 5) is 4.10. The second-order valence-electron chi connectivity index (χ2n) is 3.80. The van der Waals surface area contributed by atoms with E-state index >= 15 is 0 Å². The van der Waals surface area contributed by atoms with Gasteiger partial charge in [0.1, 0.15) is 5.52 Å². The maximum atomic E-state index is 11.9. The van der Waals surface area contributed by atoms with Crippen molar-refractivity contribution in [2.75, 3.05) is 6.54 Å². The van der Waals surface area contributed by atoms with E-state index in [0.29, 0.717) is 11.1 Å². The van der Waals surface area contributed by atoms with E-state index in [0.717, 1.165) is 5.56 Å². The maximum absolute atomic E-state index is 11.9. The van der Waals surface area contributed by atoms with Crippen LogP contribution >= 0.6 is 0 Å². The van der Waals surface area contributed by atoms with E-state index in [1.54, 1.807) is 6.07 Å². The second kappa shape index (κ2) is 4.37. The molecular formula is C11H11F3N2O. The third-order valence-corrected chi connectivity index (χ3v) is 2.19. The van der Waals surface area contributed by atoms with Crippen LogP contribution in [-0.4, -0.2) is 17.7 Å². The number of alkyl halides is 3. The lowest BCUT2D eigenvalue weighted by Gasteiger charge is -2.05.